The Kier molecular flexibility index (Phi) is 6.82. The number of hydrogen-bond acceptors (Lipinski definition) is 6. The standard InChI is InChI=1S/C29H30N2O3S2/c1-16-7-10-22(11-8-16)36(33,34)28-24(30)27(26(32)23-12-9-17(2)13-19(23)4)35-29(28)31-25-20(5)14-18(3)15-21(25)6/h7-15,31H,30H2,1-6H3. The van der Waals surface area contributed by atoms with Crippen LogP contribution in [0.15, 0.2) is 64.4 Å². The number of nitrogens with two attached hydrogens (primary N) is 1. The molecule has 4 aromatic rings. The van der Waals surface area contributed by atoms with Gasteiger partial charge in [0.1, 0.15) is 14.8 Å². The summed E-state index contributed by atoms with van der Waals surface area (Å²) in [6, 6.07) is 16.3. The minimum Gasteiger partial charge on any atom is -0.396 e. The van der Waals surface area contributed by atoms with Crippen molar-refractivity contribution in [3.63, 3.8) is 0 Å². The number of nitrogen functional groups attached to an aromatic ring is 1. The molecule has 3 aromatic carbocycles. The summed E-state index contributed by atoms with van der Waals surface area (Å²) in [6.07, 6.45) is 0. The van der Waals surface area contributed by atoms with Gasteiger partial charge in [0, 0.05) is 11.3 Å². The summed E-state index contributed by atoms with van der Waals surface area (Å²) >= 11 is 1.08. The van der Waals surface area contributed by atoms with Crippen molar-refractivity contribution in [1.29, 1.82) is 0 Å². The summed E-state index contributed by atoms with van der Waals surface area (Å²) in [5.74, 6) is -0.291. The van der Waals surface area contributed by atoms with Gasteiger partial charge in [-0.3, -0.25) is 4.79 Å². The van der Waals surface area contributed by atoms with Crippen molar-refractivity contribution in [3.05, 3.63) is 98.4 Å². The molecule has 0 radical (unpaired) electrons. The van der Waals surface area contributed by atoms with Crippen LogP contribution < -0.4 is 11.1 Å². The smallest absolute Gasteiger partial charge is 0.211 e. The summed E-state index contributed by atoms with van der Waals surface area (Å²) in [6.45, 7) is 11.7. The van der Waals surface area contributed by atoms with Crippen LogP contribution in [-0.4, -0.2) is 14.2 Å². The van der Waals surface area contributed by atoms with Crippen molar-refractivity contribution >= 4 is 43.3 Å². The Balaban J connectivity index is 1.94. The van der Waals surface area contributed by atoms with Gasteiger partial charge >= 0.3 is 0 Å². The van der Waals surface area contributed by atoms with E-state index in [9.17, 15) is 13.2 Å². The molecular formula is C29H30N2O3S2. The number of rotatable bonds is 6. The van der Waals surface area contributed by atoms with Gasteiger partial charge in [-0.25, -0.2) is 8.42 Å². The molecule has 0 atom stereocenters. The van der Waals surface area contributed by atoms with Crippen LogP contribution in [0, 0.1) is 41.5 Å². The highest BCUT2D eigenvalue weighted by atomic mass is 32.2. The van der Waals surface area contributed by atoms with Crippen LogP contribution in [-0.2, 0) is 9.84 Å². The topological polar surface area (TPSA) is 89.3 Å². The van der Waals surface area contributed by atoms with Crippen molar-refractivity contribution in [2.45, 2.75) is 51.3 Å². The fourth-order valence-electron chi connectivity index (χ4n) is 4.46. The van der Waals surface area contributed by atoms with Crippen molar-refractivity contribution in [3.8, 4) is 0 Å². The maximum Gasteiger partial charge on any atom is 0.211 e. The van der Waals surface area contributed by atoms with E-state index >= 15 is 0 Å². The number of anilines is 3. The van der Waals surface area contributed by atoms with E-state index < -0.39 is 9.84 Å². The minimum atomic E-state index is -4.01. The fraction of sp³-hybridized carbons (Fsp3) is 0.207. The molecule has 186 valence electrons. The second kappa shape index (κ2) is 9.56. The second-order valence-electron chi connectivity index (χ2n) is 9.37. The van der Waals surface area contributed by atoms with Gasteiger partial charge in [-0.1, -0.05) is 59.2 Å². The van der Waals surface area contributed by atoms with Crippen LogP contribution in [0.25, 0.3) is 0 Å². The minimum absolute atomic E-state index is 0.0320. The van der Waals surface area contributed by atoms with Gasteiger partial charge in [0.2, 0.25) is 15.6 Å². The van der Waals surface area contributed by atoms with Crippen LogP contribution in [0.4, 0.5) is 16.4 Å². The Morgan fingerprint density at radius 1 is 0.778 bits per heavy atom. The van der Waals surface area contributed by atoms with Gasteiger partial charge in [0.25, 0.3) is 0 Å². The Hall–Kier alpha value is -3.42. The molecule has 0 aliphatic carbocycles. The first kappa shape index (κ1) is 25.7. The van der Waals surface area contributed by atoms with Gasteiger partial charge in [-0.15, -0.1) is 11.3 Å². The molecule has 0 fully saturated rings. The molecule has 0 bridgehead atoms. The molecule has 0 unspecified atom stereocenters. The van der Waals surface area contributed by atoms with Gasteiger partial charge < -0.3 is 11.1 Å². The molecule has 4 rings (SSSR count). The number of benzene rings is 3. The van der Waals surface area contributed by atoms with Gasteiger partial charge in [-0.05, 0) is 70.4 Å². The number of nitrogens with one attached hydrogen (secondary N) is 1. The lowest BCUT2D eigenvalue weighted by Gasteiger charge is -2.14. The maximum atomic E-state index is 13.9. The zero-order chi connectivity index (χ0) is 26.4. The van der Waals surface area contributed by atoms with Gasteiger partial charge in [0.05, 0.1) is 10.6 Å². The predicted octanol–water partition coefficient (Wildman–Crippen LogP) is 6.99. The molecule has 0 spiro atoms. The molecule has 0 aliphatic heterocycles. The number of hydrogen-bond donors (Lipinski definition) is 2. The van der Waals surface area contributed by atoms with Crippen LogP contribution in [0.5, 0.6) is 0 Å². The van der Waals surface area contributed by atoms with E-state index in [1.165, 1.54) is 0 Å². The zero-order valence-electron chi connectivity index (χ0n) is 21.3. The zero-order valence-corrected chi connectivity index (χ0v) is 22.9. The van der Waals surface area contributed by atoms with E-state index in [0.717, 1.165) is 50.4 Å². The first-order chi connectivity index (χ1) is 16.9. The van der Waals surface area contributed by atoms with E-state index in [0.29, 0.717) is 10.6 Å². The number of sulfone groups is 1. The normalized spacial score (nSPS) is 11.5. The molecular weight excluding hydrogens is 488 g/mol. The summed E-state index contributed by atoms with van der Waals surface area (Å²) in [5.41, 5.74) is 13.6. The molecule has 0 saturated heterocycles. The summed E-state index contributed by atoms with van der Waals surface area (Å²) in [7, 11) is -4.01. The second-order valence-corrected chi connectivity index (χ2v) is 12.3. The van der Waals surface area contributed by atoms with E-state index in [-0.39, 0.29) is 26.1 Å². The lowest BCUT2D eigenvalue weighted by molar-refractivity contribution is 0.104. The summed E-state index contributed by atoms with van der Waals surface area (Å²) in [4.78, 5) is 13.9. The Morgan fingerprint density at radius 2 is 1.33 bits per heavy atom. The van der Waals surface area contributed by atoms with Crippen molar-refractivity contribution in [2.75, 3.05) is 11.1 Å². The molecule has 7 heteroatoms. The average Bonchev–Trinajstić information content (AvgIpc) is 3.12. The first-order valence-electron chi connectivity index (χ1n) is 11.6. The number of thiophene rings is 1. The Labute approximate surface area is 216 Å². The molecule has 0 aliphatic rings. The van der Waals surface area contributed by atoms with Crippen LogP contribution >= 0.6 is 11.3 Å². The third-order valence-corrected chi connectivity index (χ3v) is 9.35. The van der Waals surface area contributed by atoms with Crippen LogP contribution in [0.3, 0.4) is 0 Å². The number of ketones is 1. The largest absolute Gasteiger partial charge is 0.396 e. The first-order valence-corrected chi connectivity index (χ1v) is 13.9. The average molecular weight is 519 g/mol. The van der Waals surface area contributed by atoms with E-state index in [4.69, 9.17) is 5.73 Å². The highest BCUT2D eigenvalue weighted by Gasteiger charge is 2.32. The number of carbonyl (C=O) groups is 1. The molecule has 0 saturated carbocycles. The highest BCUT2D eigenvalue weighted by molar-refractivity contribution is 7.92. The number of aryl methyl sites for hydroxylation is 6. The molecule has 5 nitrogen and oxygen atoms in total. The highest BCUT2D eigenvalue weighted by Crippen LogP contribution is 2.45. The third kappa shape index (κ3) is 4.68. The van der Waals surface area contributed by atoms with Crippen molar-refractivity contribution < 1.29 is 13.2 Å². The summed E-state index contributed by atoms with van der Waals surface area (Å²) in [5, 5.41) is 3.65. The molecule has 3 N–H and O–H groups in total. The van der Waals surface area contributed by atoms with Crippen molar-refractivity contribution in [2.24, 2.45) is 0 Å². The lowest BCUT2D eigenvalue weighted by atomic mass is 10.0. The van der Waals surface area contributed by atoms with Gasteiger partial charge in [-0.2, -0.15) is 0 Å². The lowest BCUT2D eigenvalue weighted by Crippen LogP contribution is -2.09. The molecule has 1 aromatic heterocycles. The van der Waals surface area contributed by atoms with E-state index in [1.54, 1.807) is 30.3 Å². The monoisotopic (exact) mass is 518 g/mol. The van der Waals surface area contributed by atoms with E-state index in [2.05, 4.69) is 5.32 Å². The number of carbonyl (C=O) groups excluding carboxylic acids is 1. The SMILES string of the molecule is Cc1ccc(S(=O)(=O)c2c(Nc3c(C)cc(C)cc3C)sc(C(=O)c3ccc(C)cc3C)c2N)cc1. The van der Waals surface area contributed by atoms with Crippen LogP contribution in [0.1, 0.15) is 48.6 Å². The Bertz CT molecular complexity index is 1580. The quantitative estimate of drug-likeness (QED) is 0.269. The maximum absolute atomic E-state index is 13.9. The molecule has 36 heavy (non-hydrogen) atoms. The van der Waals surface area contributed by atoms with Crippen molar-refractivity contribution in [1.82, 2.24) is 0 Å². The molecule has 0 amide bonds. The third-order valence-electron chi connectivity index (χ3n) is 6.25. The summed E-state index contributed by atoms with van der Waals surface area (Å²) < 4.78 is 27.7. The fourth-order valence-corrected chi connectivity index (χ4v) is 7.37. The van der Waals surface area contributed by atoms with E-state index in [1.807, 2.05) is 65.8 Å². The Morgan fingerprint density at radius 3 is 1.92 bits per heavy atom. The van der Waals surface area contributed by atoms with Crippen LogP contribution in [0.2, 0.25) is 0 Å². The van der Waals surface area contributed by atoms with Gasteiger partial charge in [0.15, 0.2) is 0 Å². The predicted molar refractivity (Wildman–Crippen MR) is 149 cm³/mol. The molecule has 1 heterocycles.